The van der Waals surface area contributed by atoms with Crippen molar-refractivity contribution in [2.75, 3.05) is 13.7 Å². The van der Waals surface area contributed by atoms with Gasteiger partial charge >= 0.3 is 0 Å². The minimum atomic E-state index is -0.151. The summed E-state index contributed by atoms with van der Waals surface area (Å²) in [4.78, 5) is 0. The van der Waals surface area contributed by atoms with Crippen molar-refractivity contribution in [2.45, 2.75) is 64.7 Å². The molecular weight excluding hydrogens is 262 g/mol. The van der Waals surface area contributed by atoms with E-state index in [1.54, 1.807) is 7.11 Å². The molecule has 1 heterocycles. The average molecular weight is 291 g/mol. The Kier molecular flexibility index (Phi) is 5.28. The molecule has 0 aromatic heterocycles. The molecule has 0 radical (unpaired) electrons. The number of rotatable bonds is 6. The van der Waals surface area contributed by atoms with Crippen LogP contribution in [0.25, 0.3) is 0 Å². The molecule has 2 atom stereocenters. The third-order valence-corrected chi connectivity index (χ3v) is 4.25. The maximum absolute atomic E-state index is 6.21. The first-order chi connectivity index (χ1) is 9.95. The quantitative estimate of drug-likeness (QED) is 0.859. The van der Waals surface area contributed by atoms with Gasteiger partial charge < -0.3 is 14.8 Å². The molecule has 2 rings (SSSR count). The van der Waals surface area contributed by atoms with Gasteiger partial charge in [-0.3, -0.25) is 0 Å². The van der Waals surface area contributed by atoms with E-state index in [9.17, 15) is 0 Å². The number of ether oxygens (including phenoxy) is 2. The van der Waals surface area contributed by atoms with Crippen molar-refractivity contribution in [1.29, 1.82) is 0 Å². The van der Waals surface area contributed by atoms with Gasteiger partial charge in [-0.05, 0) is 39.8 Å². The topological polar surface area (TPSA) is 30.5 Å². The molecule has 0 saturated carbocycles. The van der Waals surface area contributed by atoms with Gasteiger partial charge in [0.15, 0.2) is 0 Å². The Labute approximate surface area is 129 Å². The minimum absolute atomic E-state index is 0.151. The predicted molar refractivity (Wildman–Crippen MR) is 87.0 cm³/mol. The maximum Gasteiger partial charge on any atom is 0.124 e. The van der Waals surface area contributed by atoms with Gasteiger partial charge in [-0.1, -0.05) is 24.6 Å². The molecule has 0 aliphatic carbocycles. The highest BCUT2D eigenvalue weighted by molar-refractivity contribution is 5.41. The van der Waals surface area contributed by atoms with Gasteiger partial charge in [0.1, 0.15) is 11.9 Å². The van der Waals surface area contributed by atoms with Crippen LogP contribution in [0.15, 0.2) is 18.2 Å². The van der Waals surface area contributed by atoms with Crippen molar-refractivity contribution >= 4 is 0 Å². The highest BCUT2D eigenvalue weighted by Gasteiger charge is 2.32. The zero-order valence-electron chi connectivity index (χ0n) is 14.0. The van der Waals surface area contributed by atoms with Crippen LogP contribution >= 0.6 is 0 Å². The smallest absolute Gasteiger partial charge is 0.124 e. The van der Waals surface area contributed by atoms with Gasteiger partial charge in [0, 0.05) is 31.6 Å². The van der Waals surface area contributed by atoms with Crippen molar-refractivity contribution in [3.63, 3.8) is 0 Å². The van der Waals surface area contributed by atoms with Crippen LogP contribution in [0.2, 0.25) is 0 Å². The first-order valence-corrected chi connectivity index (χ1v) is 8.01. The number of nitrogens with one attached hydrogen (secondary N) is 1. The lowest BCUT2D eigenvalue weighted by atomic mass is 9.90. The summed E-state index contributed by atoms with van der Waals surface area (Å²) in [6, 6.07) is 6.86. The summed E-state index contributed by atoms with van der Waals surface area (Å²) in [5, 5.41) is 3.67. The number of hydrogen-bond donors (Lipinski definition) is 1. The molecule has 0 saturated heterocycles. The van der Waals surface area contributed by atoms with Crippen LogP contribution in [-0.4, -0.2) is 25.4 Å². The average Bonchev–Trinajstić information content (AvgIpc) is 2.45. The Morgan fingerprint density at radius 1 is 1.38 bits per heavy atom. The van der Waals surface area contributed by atoms with E-state index in [0.29, 0.717) is 6.04 Å². The van der Waals surface area contributed by atoms with Crippen molar-refractivity contribution in [1.82, 2.24) is 5.32 Å². The Morgan fingerprint density at radius 2 is 2.14 bits per heavy atom. The van der Waals surface area contributed by atoms with E-state index in [2.05, 4.69) is 51.2 Å². The summed E-state index contributed by atoms with van der Waals surface area (Å²) in [5.74, 6) is 1.03. The highest BCUT2D eigenvalue weighted by atomic mass is 16.5. The van der Waals surface area contributed by atoms with Crippen LogP contribution < -0.4 is 10.1 Å². The third kappa shape index (κ3) is 4.21. The first-order valence-electron chi connectivity index (χ1n) is 8.01. The summed E-state index contributed by atoms with van der Waals surface area (Å²) in [5.41, 5.74) is 2.44. The first kappa shape index (κ1) is 16.3. The molecule has 1 N–H and O–H groups in total. The monoisotopic (exact) mass is 291 g/mol. The van der Waals surface area contributed by atoms with E-state index >= 15 is 0 Å². The molecule has 0 spiro atoms. The standard InChI is InChI=1S/C18H29NO2/c1-6-9-19-16-11-14(12-18(3,4)20-5)21-17-8-7-13(2)10-15(16)17/h7-8,10,14,16,19H,6,9,11-12H2,1-5H3. The molecule has 3 heteroatoms. The maximum atomic E-state index is 6.21. The molecule has 2 unspecified atom stereocenters. The lowest BCUT2D eigenvalue weighted by Crippen LogP contribution is -2.38. The SMILES string of the molecule is CCCNC1CC(CC(C)(C)OC)Oc2ccc(C)cc21. The normalized spacial score (nSPS) is 21.8. The number of benzene rings is 1. The highest BCUT2D eigenvalue weighted by Crippen LogP contribution is 2.37. The number of methoxy groups -OCH3 is 1. The fraction of sp³-hybridized carbons (Fsp3) is 0.667. The Morgan fingerprint density at radius 3 is 2.81 bits per heavy atom. The number of fused-ring (bicyclic) bond motifs is 1. The summed E-state index contributed by atoms with van der Waals surface area (Å²) < 4.78 is 11.8. The fourth-order valence-corrected chi connectivity index (χ4v) is 2.93. The molecule has 21 heavy (non-hydrogen) atoms. The van der Waals surface area contributed by atoms with E-state index in [1.807, 2.05) is 0 Å². The van der Waals surface area contributed by atoms with Crippen LogP contribution in [0.3, 0.4) is 0 Å². The van der Waals surface area contributed by atoms with Gasteiger partial charge in [-0.25, -0.2) is 0 Å². The van der Waals surface area contributed by atoms with E-state index < -0.39 is 0 Å². The second-order valence-electron chi connectivity index (χ2n) is 6.69. The van der Waals surface area contributed by atoms with E-state index in [1.165, 1.54) is 11.1 Å². The zero-order chi connectivity index (χ0) is 15.5. The number of aryl methyl sites for hydroxylation is 1. The number of hydrogen-bond acceptors (Lipinski definition) is 3. The Hall–Kier alpha value is -1.06. The fourth-order valence-electron chi connectivity index (χ4n) is 2.93. The van der Waals surface area contributed by atoms with Crippen LogP contribution in [0.5, 0.6) is 5.75 Å². The minimum Gasteiger partial charge on any atom is -0.490 e. The van der Waals surface area contributed by atoms with Gasteiger partial charge in [-0.15, -0.1) is 0 Å². The molecule has 0 bridgehead atoms. The van der Waals surface area contributed by atoms with Crippen molar-refractivity contribution in [2.24, 2.45) is 0 Å². The third-order valence-electron chi connectivity index (χ3n) is 4.25. The molecule has 1 aliphatic rings. The lowest BCUT2D eigenvalue weighted by Gasteiger charge is -2.36. The van der Waals surface area contributed by atoms with Crippen LogP contribution in [0.1, 0.15) is 57.2 Å². The van der Waals surface area contributed by atoms with Crippen LogP contribution in [0, 0.1) is 6.92 Å². The zero-order valence-corrected chi connectivity index (χ0v) is 14.0. The van der Waals surface area contributed by atoms with Gasteiger partial charge in [0.25, 0.3) is 0 Å². The van der Waals surface area contributed by atoms with E-state index in [-0.39, 0.29) is 11.7 Å². The molecular formula is C18H29NO2. The Bertz CT molecular complexity index is 470. The van der Waals surface area contributed by atoms with Gasteiger partial charge in [0.05, 0.1) is 5.60 Å². The molecule has 1 aromatic carbocycles. The summed E-state index contributed by atoms with van der Waals surface area (Å²) in [6.07, 6.45) is 3.25. The molecule has 0 fully saturated rings. The largest absolute Gasteiger partial charge is 0.490 e. The Balaban J connectivity index is 2.18. The van der Waals surface area contributed by atoms with Crippen molar-refractivity contribution < 1.29 is 9.47 Å². The second kappa shape index (κ2) is 6.80. The molecule has 3 nitrogen and oxygen atoms in total. The van der Waals surface area contributed by atoms with Gasteiger partial charge in [-0.2, -0.15) is 0 Å². The van der Waals surface area contributed by atoms with Crippen molar-refractivity contribution in [3.05, 3.63) is 29.3 Å². The summed E-state index contributed by atoms with van der Waals surface area (Å²) >= 11 is 0. The second-order valence-corrected chi connectivity index (χ2v) is 6.69. The molecule has 0 amide bonds. The molecule has 1 aromatic rings. The van der Waals surface area contributed by atoms with E-state index in [0.717, 1.165) is 31.6 Å². The van der Waals surface area contributed by atoms with Crippen LogP contribution in [0.4, 0.5) is 0 Å². The van der Waals surface area contributed by atoms with Crippen LogP contribution in [-0.2, 0) is 4.74 Å². The van der Waals surface area contributed by atoms with E-state index in [4.69, 9.17) is 9.47 Å². The predicted octanol–water partition coefficient (Wildman–Crippen LogP) is 4.00. The summed E-state index contributed by atoms with van der Waals surface area (Å²) in [7, 11) is 1.77. The lowest BCUT2D eigenvalue weighted by molar-refractivity contribution is -0.0205. The molecule has 118 valence electrons. The van der Waals surface area contributed by atoms with Gasteiger partial charge in [0.2, 0.25) is 0 Å². The summed E-state index contributed by atoms with van der Waals surface area (Å²) in [6.45, 7) is 9.62. The molecule has 1 aliphatic heterocycles. The van der Waals surface area contributed by atoms with Crippen molar-refractivity contribution in [3.8, 4) is 5.75 Å².